The van der Waals surface area contributed by atoms with Crippen molar-refractivity contribution in [3.8, 4) is 22.8 Å². The first-order valence-electron chi connectivity index (χ1n) is 8.79. The van der Waals surface area contributed by atoms with Crippen LogP contribution >= 0.6 is 23.1 Å². The van der Waals surface area contributed by atoms with Gasteiger partial charge in [0.2, 0.25) is 11.8 Å². The normalized spacial score (nSPS) is 10.8. The first kappa shape index (κ1) is 19.9. The summed E-state index contributed by atoms with van der Waals surface area (Å²) >= 11 is 2.39. The molecule has 4 rings (SSSR count). The number of para-hydroxylation sites is 1. The van der Waals surface area contributed by atoms with Gasteiger partial charge in [0, 0.05) is 0 Å². The van der Waals surface area contributed by atoms with E-state index in [2.05, 4.69) is 20.3 Å². The number of anilines is 1. The number of methoxy groups -OCH3 is 1. The number of aromatic nitrogens is 3. The zero-order chi connectivity index (χ0) is 21.1. The number of aromatic hydroxyl groups is 1. The molecule has 0 atom stereocenters. The summed E-state index contributed by atoms with van der Waals surface area (Å²) in [7, 11) is 1.54. The fourth-order valence-electron chi connectivity index (χ4n) is 2.74. The lowest BCUT2D eigenvalue weighted by Crippen LogP contribution is -2.16. The summed E-state index contributed by atoms with van der Waals surface area (Å²) in [6.07, 6.45) is 0. The second-order valence-electron chi connectivity index (χ2n) is 6.12. The fraction of sp³-hybridized carbons (Fsp3) is 0.100. The number of carbonyl (C=O) groups excluding carboxylic acids is 1. The molecule has 30 heavy (non-hydrogen) atoms. The van der Waals surface area contributed by atoms with Crippen molar-refractivity contribution < 1.29 is 14.6 Å². The van der Waals surface area contributed by atoms with Crippen LogP contribution < -0.4 is 15.6 Å². The van der Waals surface area contributed by atoms with E-state index >= 15 is 0 Å². The number of hydrogen-bond acceptors (Lipinski definition) is 8. The molecule has 152 valence electrons. The van der Waals surface area contributed by atoms with Gasteiger partial charge in [-0.25, -0.2) is 4.98 Å². The highest BCUT2D eigenvalue weighted by Crippen LogP contribution is 2.28. The molecule has 0 aliphatic heterocycles. The predicted octanol–water partition coefficient (Wildman–Crippen LogP) is 3.49. The number of rotatable bonds is 6. The molecule has 0 spiro atoms. The van der Waals surface area contributed by atoms with Gasteiger partial charge >= 0.3 is 0 Å². The van der Waals surface area contributed by atoms with Crippen molar-refractivity contribution in [1.29, 1.82) is 0 Å². The molecule has 0 saturated heterocycles. The van der Waals surface area contributed by atoms with Crippen LogP contribution in [0.3, 0.4) is 0 Å². The highest BCUT2D eigenvalue weighted by atomic mass is 32.2. The monoisotopic (exact) mass is 440 g/mol. The summed E-state index contributed by atoms with van der Waals surface area (Å²) in [5.74, 6) is -0.0624. The molecule has 2 heterocycles. The Morgan fingerprint density at radius 2 is 1.97 bits per heavy atom. The Morgan fingerprint density at radius 3 is 2.67 bits per heavy atom. The van der Waals surface area contributed by atoms with Crippen molar-refractivity contribution in [2.24, 2.45) is 0 Å². The van der Waals surface area contributed by atoms with Gasteiger partial charge in [-0.1, -0.05) is 47.4 Å². The van der Waals surface area contributed by atoms with Gasteiger partial charge in [-0.05, 0) is 29.8 Å². The Hall–Kier alpha value is -3.37. The summed E-state index contributed by atoms with van der Waals surface area (Å²) in [6, 6.07) is 14.3. The molecule has 8 nitrogen and oxygen atoms in total. The number of aromatic amines is 1. The van der Waals surface area contributed by atoms with Crippen molar-refractivity contribution in [2.75, 3.05) is 18.2 Å². The Morgan fingerprint density at radius 1 is 1.20 bits per heavy atom. The van der Waals surface area contributed by atoms with E-state index in [9.17, 15) is 14.7 Å². The SMILES string of the molecule is COc1ccc(-c2c(O)nc(SCC(=O)Nc3nc4ccccc4s3)[nH]c2=O)cc1. The molecule has 3 N–H and O–H groups in total. The number of carbonyl (C=O) groups is 1. The number of thioether (sulfide) groups is 1. The van der Waals surface area contributed by atoms with Gasteiger partial charge in [0.05, 0.1) is 23.1 Å². The lowest BCUT2D eigenvalue weighted by atomic mass is 10.1. The molecule has 0 unspecified atom stereocenters. The maximum atomic E-state index is 12.4. The number of ether oxygens (including phenoxy) is 1. The quantitative estimate of drug-likeness (QED) is 0.310. The highest BCUT2D eigenvalue weighted by Gasteiger charge is 2.15. The third-order valence-corrected chi connectivity index (χ3v) is 5.96. The molecule has 0 aliphatic rings. The van der Waals surface area contributed by atoms with Crippen LogP contribution in [0.4, 0.5) is 5.13 Å². The zero-order valence-corrected chi connectivity index (χ0v) is 17.3. The van der Waals surface area contributed by atoms with E-state index in [0.717, 1.165) is 22.0 Å². The molecule has 2 aromatic carbocycles. The van der Waals surface area contributed by atoms with Crippen molar-refractivity contribution in [1.82, 2.24) is 15.0 Å². The van der Waals surface area contributed by atoms with E-state index in [1.807, 2.05) is 24.3 Å². The van der Waals surface area contributed by atoms with Gasteiger partial charge in [0.15, 0.2) is 10.3 Å². The molecule has 2 aromatic heterocycles. The van der Waals surface area contributed by atoms with Crippen LogP contribution in [0.1, 0.15) is 0 Å². The summed E-state index contributed by atoms with van der Waals surface area (Å²) < 4.78 is 6.07. The first-order chi connectivity index (χ1) is 14.5. The van der Waals surface area contributed by atoms with E-state index in [0.29, 0.717) is 16.4 Å². The molecule has 0 saturated carbocycles. The van der Waals surface area contributed by atoms with Gasteiger partial charge < -0.3 is 20.1 Å². The van der Waals surface area contributed by atoms with E-state index in [4.69, 9.17) is 4.74 Å². The van der Waals surface area contributed by atoms with E-state index < -0.39 is 11.4 Å². The number of fused-ring (bicyclic) bond motifs is 1. The second kappa shape index (κ2) is 8.56. The zero-order valence-electron chi connectivity index (χ0n) is 15.7. The van der Waals surface area contributed by atoms with Gasteiger partial charge in [0.25, 0.3) is 5.56 Å². The van der Waals surface area contributed by atoms with Crippen LogP contribution in [0, 0.1) is 0 Å². The standard InChI is InChI=1S/C20H16N4O4S2/c1-28-12-8-6-11(7-9-12)16-17(26)23-19(24-18(16)27)29-10-15(25)22-20-21-13-4-2-3-5-14(13)30-20/h2-9H,10H2,1H3,(H,21,22,25)(H2,23,24,26,27). The Kier molecular flexibility index (Phi) is 5.68. The summed E-state index contributed by atoms with van der Waals surface area (Å²) in [5, 5.41) is 13.6. The average Bonchev–Trinajstić information content (AvgIpc) is 3.14. The topological polar surface area (TPSA) is 117 Å². The first-order valence-corrected chi connectivity index (χ1v) is 10.6. The van der Waals surface area contributed by atoms with Crippen molar-refractivity contribution in [3.63, 3.8) is 0 Å². The summed E-state index contributed by atoms with van der Waals surface area (Å²) in [4.78, 5) is 35.6. The summed E-state index contributed by atoms with van der Waals surface area (Å²) in [6.45, 7) is 0. The largest absolute Gasteiger partial charge is 0.497 e. The van der Waals surface area contributed by atoms with Crippen LogP contribution in [0.2, 0.25) is 0 Å². The lowest BCUT2D eigenvalue weighted by Gasteiger charge is -2.07. The molecule has 0 bridgehead atoms. The smallest absolute Gasteiger partial charge is 0.263 e. The van der Waals surface area contributed by atoms with Crippen LogP contribution in [-0.4, -0.2) is 38.8 Å². The summed E-state index contributed by atoms with van der Waals surface area (Å²) in [5.41, 5.74) is 0.880. The number of benzene rings is 2. The van der Waals surface area contributed by atoms with Gasteiger partial charge in [-0.15, -0.1) is 0 Å². The van der Waals surface area contributed by atoms with Crippen molar-refractivity contribution in [3.05, 3.63) is 58.9 Å². The van der Waals surface area contributed by atoms with E-state index in [-0.39, 0.29) is 22.4 Å². The van der Waals surface area contributed by atoms with Crippen molar-refractivity contribution >= 4 is 44.4 Å². The second-order valence-corrected chi connectivity index (χ2v) is 8.12. The fourth-order valence-corrected chi connectivity index (χ4v) is 4.28. The molecular formula is C20H16N4O4S2. The molecule has 0 radical (unpaired) electrons. The predicted molar refractivity (Wildman–Crippen MR) is 117 cm³/mol. The number of nitrogens with zero attached hydrogens (tertiary/aromatic N) is 2. The molecule has 4 aromatic rings. The Bertz CT molecular complexity index is 1240. The minimum atomic E-state index is -0.498. The average molecular weight is 441 g/mol. The Labute approximate surface area is 179 Å². The van der Waals surface area contributed by atoms with Crippen LogP contribution in [0.15, 0.2) is 58.5 Å². The molecule has 1 amide bonds. The van der Waals surface area contributed by atoms with Crippen LogP contribution in [-0.2, 0) is 4.79 Å². The third-order valence-electron chi connectivity index (χ3n) is 4.14. The van der Waals surface area contributed by atoms with Crippen LogP contribution in [0.25, 0.3) is 21.3 Å². The third kappa shape index (κ3) is 4.29. The van der Waals surface area contributed by atoms with Gasteiger partial charge in [-0.3, -0.25) is 9.59 Å². The van der Waals surface area contributed by atoms with Crippen LogP contribution in [0.5, 0.6) is 11.6 Å². The molecule has 0 aliphatic carbocycles. The maximum absolute atomic E-state index is 12.4. The van der Waals surface area contributed by atoms with Gasteiger partial charge in [0.1, 0.15) is 11.3 Å². The molecule has 10 heteroatoms. The number of hydrogen-bond donors (Lipinski definition) is 3. The Balaban J connectivity index is 1.44. The van der Waals surface area contributed by atoms with E-state index in [1.165, 1.54) is 11.3 Å². The molecule has 0 fully saturated rings. The number of H-pyrrole nitrogens is 1. The number of thiazole rings is 1. The minimum Gasteiger partial charge on any atom is -0.497 e. The number of amides is 1. The highest BCUT2D eigenvalue weighted by molar-refractivity contribution is 7.99. The van der Waals surface area contributed by atoms with E-state index in [1.54, 1.807) is 31.4 Å². The molecular weight excluding hydrogens is 424 g/mol. The van der Waals surface area contributed by atoms with Gasteiger partial charge in [-0.2, -0.15) is 4.98 Å². The van der Waals surface area contributed by atoms with Crippen molar-refractivity contribution in [2.45, 2.75) is 5.16 Å². The number of nitrogens with one attached hydrogen (secondary N) is 2. The maximum Gasteiger partial charge on any atom is 0.263 e. The lowest BCUT2D eigenvalue weighted by molar-refractivity contribution is -0.113. The minimum absolute atomic E-state index is 0.000186.